The number of benzene rings is 1. The highest BCUT2D eigenvalue weighted by molar-refractivity contribution is 7.19. The summed E-state index contributed by atoms with van der Waals surface area (Å²) in [6, 6.07) is 7.99. The Morgan fingerprint density at radius 3 is 2.50 bits per heavy atom. The van der Waals surface area contributed by atoms with Gasteiger partial charge in [0, 0.05) is 11.4 Å². The van der Waals surface area contributed by atoms with Crippen LogP contribution < -0.4 is 0 Å². The van der Waals surface area contributed by atoms with E-state index in [0.717, 1.165) is 21.1 Å². The van der Waals surface area contributed by atoms with Crippen molar-refractivity contribution in [3.05, 3.63) is 35.7 Å². The standard InChI is InChI=1S/C11H8Cl2N4S/c12-5-7-1-3-8(4-2-7)10-16-17-9(6-13)14-15-11(17)18-10/h1-4H,5-6H2. The van der Waals surface area contributed by atoms with Gasteiger partial charge in [-0.2, -0.15) is 9.61 Å². The van der Waals surface area contributed by atoms with E-state index < -0.39 is 0 Å². The van der Waals surface area contributed by atoms with Crippen molar-refractivity contribution in [1.29, 1.82) is 0 Å². The van der Waals surface area contributed by atoms with Crippen LogP contribution in [0.4, 0.5) is 0 Å². The Morgan fingerprint density at radius 2 is 1.83 bits per heavy atom. The third-order valence-corrected chi connectivity index (χ3v) is 4.03. The van der Waals surface area contributed by atoms with Gasteiger partial charge in [0.1, 0.15) is 5.01 Å². The molecule has 3 rings (SSSR count). The maximum absolute atomic E-state index is 5.77. The fourth-order valence-corrected chi connectivity index (χ4v) is 2.80. The van der Waals surface area contributed by atoms with Gasteiger partial charge in [-0.15, -0.1) is 33.4 Å². The van der Waals surface area contributed by atoms with Crippen molar-refractivity contribution in [2.45, 2.75) is 11.8 Å². The quantitative estimate of drug-likeness (QED) is 0.697. The molecule has 2 heterocycles. The molecule has 4 nitrogen and oxygen atoms in total. The first-order valence-electron chi connectivity index (χ1n) is 5.24. The molecule has 0 unspecified atom stereocenters. The van der Waals surface area contributed by atoms with Crippen molar-refractivity contribution < 1.29 is 0 Å². The van der Waals surface area contributed by atoms with Crippen LogP contribution >= 0.6 is 34.5 Å². The van der Waals surface area contributed by atoms with Gasteiger partial charge in [-0.05, 0) is 5.56 Å². The van der Waals surface area contributed by atoms with Gasteiger partial charge < -0.3 is 0 Å². The molecule has 0 aliphatic heterocycles. The molecule has 0 atom stereocenters. The highest BCUT2D eigenvalue weighted by Crippen LogP contribution is 2.26. The van der Waals surface area contributed by atoms with Crippen molar-refractivity contribution >= 4 is 39.5 Å². The van der Waals surface area contributed by atoms with Gasteiger partial charge in [0.05, 0.1) is 5.88 Å². The van der Waals surface area contributed by atoms with E-state index in [1.165, 1.54) is 11.3 Å². The van der Waals surface area contributed by atoms with E-state index in [1.807, 2.05) is 24.3 Å². The summed E-state index contributed by atoms with van der Waals surface area (Å²) in [5, 5.41) is 13.3. The Labute approximate surface area is 117 Å². The molecule has 92 valence electrons. The molecule has 2 aromatic heterocycles. The lowest BCUT2D eigenvalue weighted by atomic mass is 10.2. The second kappa shape index (κ2) is 4.84. The lowest BCUT2D eigenvalue weighted by Crippen LogP contribution is -1.92. The molecule has 1 aromatic carbocycles. The molecule has 0 spiro atoms. The van der Waals surface area contributed by atoms with Gasteiger partial charge >= 0.3 is 0 Å². The highest BCUT2D eigenvalue weighted by Gasteiger charge is 2.11. The molecule has 0 aliphatic carbocycles. The van der Waals surface area contributed by atoms with Crippen molar-refractivity contribution in [3.8, 4) is 10.6 Å². The van der Waals surface area contributed by atoms with Gasteiger partial charge in [0.2, 0.25) is 4.96 Å². The summed E-state index contributed by atoms with van der Waals surface area (Å²) in [6.07, 6.45) is 0. The van der Waals surface area contributed by atoms with E-state index in [9.17, 15) is 0 Å². The first kappa shape index (κ1) is 11.9. The fourth-order valence-electron chi connectivity index (χ4n) is 1.59. The summed E-state index contributed by atoms with van der Waals surface area (Å²) in [6.45, 7) is 0. The van der Waals surface area contributed by atoms with Crippen LogP contribution in [0.15, 0.2) is 24.3 Å². The summed E-state index contributed by atoms with van der Waals surface area (Å²) >= 11 is 13.0. The number of hydrogen-bond donors (Lipinski definition) is 0. The monoisotopic (exact) mass is 298 g/mol. The lowest BCUT2D eigenvalue weighted by Gasteiger charge is -1.97. The van der Waals surface area contributed by atoms with E-state index in [2.05, 4.69) is 15.3 Å². The first-order valence-corrected chi connectivity index (χ1v) is 7.12. The molecule has 7 heteroatoms. The zero-order chi connectivity index (χ0) is 12.5. The number of hydrogen-bond acceptors (Lipinski definition) is 4. The van der Waals surface area contributed by atoms with Crippen molar-refractivity contribution in [2.75, 3.05) is 0 Å². The van der Waals surface area contributed by atoms with Gasteiger partial charge in [-0.1, -0.05) is 35.6 Å². The van der Waals surface area contributed by atoms with E-state index >= 15 is 0 Å². The van der Waals surface area contributed by atoms with Crippen LogP contribution in [0.5, 0.6) is 0 Å². The zero-order valence-electron chi connectivity index (χ0n) is 9.18. The van der Waals surface area contributed by atoms with E-state index in [0.29, 0.717) is 17.6 Å². The zero-order valence-corrected chi connectivity index (χ0v) is 11.5. The number of halogens is 2. The molecular weight excluding hydrogens is 291 g/mol. The van der Waals surface area contributed by atoms with E-state index in [-0.39, 0.29) is 0 Å². The normalized spacial score (nSPS) is 11.2. The Bertz CT molecular complexity index is 674. The maximum Gasteiger partial charge on any atom is 0.235 e. The Morgan fingerprint density at radius 1 is 1.06 bits per heavy atom. The van der Waals surface area contributed by atoms with Crippen molar-refractivity contribution in [2.24, 2.45) is 0 Å². The molecule has 0 radical (unpaired) electrons. The average Bonchev–Trinajstić information content (AvgIpc) is 2.98. The molecule has 18 heavy (non-hydrogen) atoms. The van der Waals surface area contributed by atoms with Crippen molar-refractivity contribution in [3.63, 3.8) is 0 Å². The largest absolute Gasteiger partial charge is 0.235 e. The van der Waals surface area contributed by atoms with Crippen LogP contribution in [0.1, 0.15) is 11.4 Å². The number of fused-ring (bicyclic) bond motifs is 1. The SMILES string of the molecule is ClCc1ccc(-c2nn3c(CCl)nnc3s2)cc1. The first-order chi connectivity index (χ1) is 8.81. The van der Waals surface area contributed by atoms with Crippen LogP contribution in [0.3, 0.4) is 0 Å². The van der Waals surface area contributed by atoms with E-state index in [4.69, 9.17) is 23.2 Å². The predicted molar refractivity (Wildman–Crippen MR) is 73.2 cm³/mol. The minimum absolute atomic E-state index is 0.301. The van der Waals surface area contributed by atoms with Crippen LogP contribution in [-0.2, 0) is 11.8 Å². The molecule has 0 bridgehead atoms. The Kier molecular flexibility index (Phi) is 3.20. The number of alkyl halides is 2. The summed E-state index contributed by atoms with van der Waals surface area (Å²) in [7, 11) is 0. The maximum atomic E-state index is 5.77. The van der Waals surface area contributed by atoms with Gasteiger partial charge in [-0.3, -0.25) is 0 Å². The lowest BCUT2D eigenvalue weighted by molar-refractivity contribution is 0.885. The minimum atomic E-state index is 0.301. The topological polar surface area (TPSA) is 43.1 Å². The smallest absolute Gasteiger partial charge is 0.186 e. The number of rotatable bonds is 3. The van der Waals surface area contributed by atoms with Crippen molar-refractivity contribution in [1.82, 2.24) is 19.8 Å². The summed E-state index contributed by atoms with van der Waals surface area (Å²) in [5.41, 5.74) is 2.13. The van der Waals surface area contributed by atoms with Crippen LogP contribution in [0, 0.1) is 0 Å². The third-order valence-electron chi connectivity index (χ3n) is 2.53. The van der Waals surface area contributed by atoms with E-state index in [1.54, 1.807) is 4.52 Å². The van der Waals surface area contributed by atoms with Gasteiger partial charge in [0.25, 0.3) is 0 Å². The average molecular weight is 299 g/mol. The molecule has 0 saturated heterocycles. The highest BCUT2D eigenvalue weighted by atomic mass is 35.5. The third kappa shape index (κ3) is 1.98. The number of aromatic nitrogens is 4. The fraction of sp³-hybridized carbons (Fsp3) is 0.182. The molecule has 0 amide bonds. The summed E-state index contributed by atoms with van der Waals surface area (Å²) in [4.78, 5) is 0.752. The molecule has 0 aliphatic rings. The molecule has 0 fully saturated rings. The van der Waals surface area contributed by atoms with Gasteiger partial charge in [-0.25, -0.2) is 0 Å². The number of nitrogens with zero attached hydrogens (tertiary/aromatic N) is 4. The molecular formula is C11H8Cl2N4S. The summed E-state index contributed by atoms with van der Waals surface area (Å²) in [5.74, 6) is 1.48. The molecule has 3 aromatic rings. The van der Waals surface area contributed by atoms with Crippen LogP contribution in [0.2, 0.25) is 0 Å². The predicted octanol–water partition coefficient (Wildman–Crippen LogP) is 3.33. The molecule has 0 saturated carbocycles. The summed E-state index contributed by atoms with van der Waals surface area (Å²) < 4.78 is 1.68. The Hall–Kier alpha value is -1.17. The van der Waals surface area contributed by atoms with Crippen LogP contribution in [0.25, 0.3) is 15.5 Å². The second-order valence-electron chi connectivity index (χ2n) is 3.68. The van der Waals surface area contributed by atoms with Gasteiger partial charge in [0.15, 0.2) is 5.82 Å². The molecule has 0 N–H and O–H groups in total. The van der Waals surface area contributed by atoms with Crippen LogP contribution in [-0.4, -0.2) is 19.8 Å². The second-order valence-corrected chi connectivity index (χ2v) is 5.17. The Balaban J connectivity index is 2.04. The minimum Gasteiger partial charge on any atom is -0.186 e.